The van der Waals surface area contributed by atoms with Crippen molar-refractivity contribution in [2.75, 3.05) is 171 Å². The molecule has 36 heteroatoms. The SMILES string of the molecule is C=CC(=O)N1CCN(c2c(C#N)c(=O)n3c4c(c(-c5c(C)ccc6[nH]c(=O)n(C)c56)c(Cl)cc24)OCC3CN2CCCCC2)[C@@H](C)C1.C=CC(=O)N1CCN(c2c(C#N)c(=O)n3c4c(c(-c5c(F)ccnc5N)c(Cl)cc24)OCC3CN2CCC2)[C@@H](C)C1.C=CC(=O)N1CCN(c2c(C#N)c(=O)n3c4c(c(-c5c(F)ccnc5NC)c(Cl)cc24)OCC3CN(C)C)[C@@H](C)C1. The number of carbonyl (C=O) groups is 3. The number of aromatic nitrogens is 7. The number of aromatic amines is 1. The molecule has 5 fully saturated rings. The highest BCUT2D eigenvalue weighted by Crippen LogP contribution is 2.54. The number of rotatable bonds is 16. The molecular weight excluding hydrogens is 1720 g/mol. The summed E-state index contributed by atoms with van der Waals surface area (Å²) in [7, 11) is 7.12. The number of imidazole rings is 1. The van der Waals surface area contributed by atoms with Crippen molar-refractivity contribution in [1.82, 2.24) is 62.6 Å². The Kier molecular flexibility index (Phi) is 25.3. The zero-order chi connectivity index (χ0) is 91.7. The van der Waals surface area contributed by atoms with Gasteiger partial charge in [-0.1, -0.05) is 67.0 Å². The summed E-state index contributed by atoms with van der Waals surface area (Å²) < 4.78 is 56.5. The number of fused-ring (bicyclic) bond motifs is 1. The van der Waals surface area contributed by atoms with Gasteiger partial charge in [-0.3, -0.25) is 47.0 Å². The number of piperidine rings is 1. The molecule has 31 nitrogen and oxygen atoms in total. The van der Waals surface area contributed by atoms with E-state index in [9.17, 15) is 49.3 Å². The minimum Gasteiger partial charge on any atom is -0.488 e. The second kappa shape index (κ2) is 36.4. The van der Waals surface area contributed by atoms with Gasteiger partial charge in [-0.25, -0.2) is 23.5 Å². The van der Waals surface area contributed by atoms with E-state index in [0.29, 0.717) is 156 Å². The van der Waals surface area contributed by atoms with Crippen molar-refractivity contribution >= 4 is 125 Å². The number of benzene rings is 4. The molecule has 0 bridgehead atoms. The fourth-order valence-corrected chi connectivity index (χ4v) is 20.8. The maximum atomic E-state index is 15.4. The molecule has 4 N–H and O–H groups in total. The highest BCUT2D eigenvalue weighted by Gasteiger charge is 2.43. The van der Waals surface area contributed by atoms with Gasteiger partial charge in [0, 0.05) is 150 Å². The zero-order valence-electron chi connectivity index (χ0n) is 72.9. The molecule has 670 valence electrons. The number of nitrogens with zero attached hydrogens (tertiary/aromatic N) is 18. The van der Waals surface area contributed by atoms with E-state index in [1.807, 2.05) is 79.6 Å². The number of likely N-dealkylation sites (tertiary alicyclic amines) is 2. The van der Waals surface area contributed by atoms with Crippen LogP contribution in [0.2, 0.25) is 15.1 Å². The van der Waals surface area contributed by atoms with E-state index in [0.717, 1.165) is 56.6 Å². The summed E-state index contributed by atoms with van der Waals surface area (Å²) in [6.45, 7) is 28.0. The first-order valence-corrected chi connectivity index (χ1v) is 44.1. The van der Waals surface area contributed by atoms with E-state index in [2.05, 4.69) is 68.0 Å². The van der Waals surface area contributed by atoms with E-state index < -0.39 is 28.8 Å². The van der Waals surface area contributed by atoms with Gasteiger partial charge in [-0.05, 0) is 147 Å². The van der Waals surface area contributed by atoms with Crippen LogP contribution >= 0.6 is 34.8 Å². The Morgan fingerprint density at radius 1 is 0.550 bits per heavy atom. The molecule has 0 aliphatic carbocycles. The van der Waals surface area contributed by atoms with Gasteiger partial charge in [-0.2, -0.15) is 15.8 Å². The van der Waals surface area contributed by atoms with E-state index in [4.69, 9.17) is 54.7 Å². The minimum atomic E-state index is -0.624. The van der Waals surface area contributed by atoms with Crippen molar-refractivity contribution in [2.45, 2.75) is 89.6 Å². The average molecular weight is 1810 g/mol. The molecule has 6 atom stereocenters. The molecule has 0 saturated carbocycles. The molecule has 5 saturated heterocycles. The first-order valence-electron chi connectivity index (χ1n) is 43.0. The fourth-order valence-electron chi connectivity index (χ4n) is 19.9. The van der Waals surface area contributed by atoms with Gasteiger partial charge in [0.1, 0.15) is 78.0 Å². The van der Waals surface area contributed by atoms with Crippen LogP contribution in [0.5, 0.6) is 17.2 Å². The van der Waals surface area contributed by atoms with E-state index >= 15 is 8.78 Å². The summed E-state index contributed by atoms with van der Waals surface area (Å²) in [5, 5.41) is 36.6. The molecule has 3 amide bonds. The Balaban J connectivity index is 0.000000142. The Hall–Kier alpha value is -12.8. The average Bonchev–Trinajstić information content (AvgIpc) is 1.35. The number of pyridine rings is 5. The van der Waals surface area contributed by atoms with E-state index in [1.165, 1.54) is 49.2 Å². The van der Waals surface area contributed by atoms with Crippen LogP contribution in [0.4, 0.5) is 37.5 Å². The number of aryl methyl sites for hydroxylation is 2. The minimum absolute atomic E-state index is 0.00887. The van der Waals surface area contributed by atoms with Crippen molar-refractivity contribution in [1.29, 1.82) is 15.8 Å². The lowest BCUT2D eigenvalue weighted by Crippen LogP contribution is -2.54. The van der Waals surface area contributed by atoms with Crippen molar-refractivity contribution < 1.29 is 37.4 Å². The lowest BCUT2D eigenvalue weighted by Gasteiger charge is -2.42. The predicted molar refractivity (Wildman–Crippen MR) is 496 cm³/mol. The van der Waals surface area contributed by atoms with Crippen LogP contribution in [-0.2, 0) is 21.4 Å². The number of nitrogen functional groups attached to an aromatic ring is 1. The molecule has 14 heterocycles. The number of anilines is 5. The summed E-state index contributed by atoms with van der Waals surface area (Å²) in [5.74, 6) is -0.554. The van der Waals surface area contributed by atoms with Crippen molar-refractivity contribution in [2.24, 2.45) is 7.05 Å². The number of nitrogens with two attached hydrogens (primary N) is 1. The van der Waals surface area contributed by atoms with Gasteiger partial charge < -0.3 is 74.3 Å². The predicted octanol–water partition coefficient (Wildman–Crippen LogP) is 11.0. The number of piperazine rings is 3. The largest absolute Gasteiger partial charge is 0.488 e. The fraction of sp³-hybridized carbons (Fsp3) is 0.398. The maximum absolute atomic E-state index is 15.4. The molecule has 0 spiro atoms. The number of hydrogen-bond donors (Lipinski definition) is 3. The first kappa shape index (κ1) is 89.6. The summed E-state index contributed by atoms with van der Waals surface area (Å²) in [4.78, 5) is 122. The van der Waals surface area contributed by atoms with Gasteiger partial charge in [0.15, 0.2) is 17.2 Å². The van der Waals surface area contributed by atoms with Gasteiger partial charge in [-0.15, -0.1) is 0 Å². The van der Waals surface area contributed by atoms with Crippen LogP contribution in [0, 0.1) is 52.6 Å². The Bertz CT molecular complexity index is 6710. The molecule has 10 aromatic rings. The second-order valence-corrected chi connectivity index (χ2v) is 35.4. The van der Waals surface area contributed by atoms with Crippen LogP contribution < -0.4 is 62.3 Å². The number of hydrogen-bond acceptors (Lipinski definition) is 23. The van der Waals surface area contributed by atoms with Crippen LogP contribution in [0.3, 0.4) is 0 Å². The van der Waals surface area contributed by atoms with Crippen LogP contribution in [0.1, 0.15) is 86.8 Å². The number of carbonyl (C=O) groups excluding carboxylic acids is 3. The number of halogens is 5. The third kappa shape index (κ3) is 15.7. The summed E-state index contributed by atoms with van der Waals surface area (Å²) in [5.41, 5.74) is 11.6. The maximum Gasteiger partial charge on any atom is 0.326 e. The first-order chi connectivity index (χ1) is 62.0. The van der Waals surface area contributed by atoms with Gasteiger partial charge in [0.05, 0.1) is 100 Å². The number of ether oxygens (including phenoxy) is 3. The highest BCUT2D eigenvalue weighted by molar-refractivity contribution is 6.37. The van der Waals surface area contributed by atoms with Crippen LogP contribution in [0.25, 0.3) is 77.1 Å². The lowest BCUT2D eigenvalue weighted by atomic mass is 9.93. The Morgan fingerprint density at radius 3 is 1.32 bits per heavy atom. The number of likely N-dealkylation sites (N-methyl/N-ethyl adjacent to an activating group) is 1. The van der Waals surface area contributed by atoms with E-state index in [1.54, 1.807) is 59.2 Å². The Morgan fingerprint density at radius 2 is 0.938 bits per heavy atom. The monoisotopic (exact) mass is 1810 g/mol. The topological polar surface area (TPSA) is 347 Å². The van der Waals surface area contributed by atoms with Gasteiger partial charge in [0.2, 0.25) is 17.7 Å². The number of H-pyrrole nitrogens is 1. The molecule has 6 aromatic heterocycles. The van der Waals surface area contributed by atoms with Crippen molar-refractivity contribution in [3.8, 4) is 68.8 Å². The van der Waals surface area contributed by atoms with Gasteiger partial charge >= 0.3 is 5.69 Å². The lowest BCUT2D eigenvalue weighted by molar-refractivity contribution is -0.127. The molecular formula is C93H98Cl3F2N21O10. The van der Waals surface area contributed by atoms with E-state index in [-0.39, 0.29) is 151 Å². The quantitative estimate of drug-likeness (QED) is 0.0757. The molecule has 4 aromatic carbocycles. The highest BCUT2D eigenvalue weighted by atomic mass is 35.5. The normalized spacial score (nSPS) is 19.6. The zero-order valence-corrected chi connectivity index (χ0v) is 75.1. The van der Waals surface area contributed by atoms with Gasteiger partial charge in [0.25, 0.3) is 16.7 Å². The standard InChI is InChI=1S/C35H38ClN7O4.C29H29ClFN7O3.C29H31ClFN7O3/c1-5-27(44)41-13-14-42(21(3)17-41)30-23-15-25(36)29(28-20(2)9-10-26-32(28)39(4)35(46)38-26)33-31(23)43(34(45)24(30)16-37)22(19-47-33)18-40-11-7-6-8-12-40;1-3-22(39)36-9-10-37(16(2)13-36)25-18-11-20(30)23(24-21(31)5-6-34-28(24)33)27-26(18)38(29(40)19(25)12-32)17(15-41-27)14-35-7-4-8-35;1-6-22(39)36-9-10-37(16(2)13-36)25-18-11-20(30)23(24-21(31)7-8-34-28(24)33-3)27-26(18)38(29(40)19(25)12-32)17(15-41-27)14-35(4)5/h5,9-10,15,21-22H,1,6-8,11-14,17-19H2,2-4H3,(H,38,46);3,5-6,11,16-17H,1,4,7-10,13-15H2,2H3,(H2,33,34);6-8,11,16-17H,1,9-10,13-15H2,2-5H3,(H,33,34)/t21-,22?;2*16-,17?/m000/s1. The number of amides is 3. The van der Waals surface area contributed by atoms with Crippen LogP contribution in [-0.4, -0.2) is 244 Å². The summed E-state index contributed by atoms with van der Waals surface area (Å²) in [6.07, 6.45) is 11.0. The van der Waals surface area contributed by atoms with Crippen molar-refractivity contribution in [3.05, 3.63) is 183 Å². The molecule has 8 aliphatic rings. The second-order valence-electron chi connectivity index (χ2n) is 34.1. The molecule has 3 unspecified atom stereocenters. The number of nitrogens with one attached hydrogen (secondary N) is 2. The Labute approximate surface area is 756 Å². The number of nitriles is 3. The summed E-state index contributed by atoms with van der Waals surface area (Å²) >= 11 is 21.0. The molecule has 0 radical (unpaired) electrons. The third-order valence-corrected chi connectivity index (χ3v) is 26.9. The molecule has 8 aliphatic heterocycles. The van der Waals surface area contributed by atoms with Crippen molar-refractivity contribution in [3.63, 3.8) is 0 Å². The van der Waals surface area contributed by atoms with Crippen LogP contribution in [0.15, 0.2) is 112 Å². The summed E-state index contributed by atoms with van der Waals surface area (Å²) in [6, 6.07) is 16.2. The third-order valence-electron chi connectivity index (χ3n) is 26.0. The smallest absolute Gasteiger partial charge is 0.326 e. The molecule has 129 heavy (non-hydrogen) atoms. The molecule has 18 rings (SSSR count).